The summed E-state index contributed by atoms with van der Waals surface area (Å²) in [4.78, 5) is 25.0. The van der Waals surface area contributed by atoms with Crippen molar-refractivity contribution < 1.29 is 28.2 Å². The summed E-state index contributed by atoms with van der Waals surface area (Å²) in [5, 5.41) is 4.34. The van der Waals surface area contributed by atoms with E-state index in [1.54, 1.807) is 36.4 Å². The molecule has 7 nitrogen and oxygen atoms in total. The van der Waals surface area contributed by atoms with Gasteiger partial charge in [-0.25, -0.2) is 18.7 Å². The minimum atomic E-state index is -0.847. The van der Waals surface area contributed by atoms with Gasteiger partial charge in [-0.2, -0.15) is 5.10 Å². The molecule has 0 unspecified atom stereocenters. The van der Waals surface area contributed by atoms with Crippen molar-refractivity contribution in [3.8, 4) is 22.7 Å². The number of hydrogen-bond donors (Lipinski definition) is 0. The first-order valence-electron chi connectivity index (χ1n) is 8.21. The van der Waals surface area contributed by atoms with Gasteiger partial charge in [0.05, 0.1) is 27.0 Å². The van der Waals surface area contributed by atoms with Crippen LogP contribution in [0.2, 0.25) is 0 Å². The first kappa shape index (κ1) is 19.1. The summed E-state index contributed by atoms with van der Waals surface area (Å²) >= 11 is 0. The van der Waals surface area contributed by atoms with Gasteiger partial charge in [0, 0.05) is 5.56 Å². The zero-order valence-electron chi connectivity index (χ0n) is 15.4. The molecule has 144 valence electrons. The molecule has 0 saturated heterocycles. The minimum Gasteiger partial charge on any atom is -0.494 e. The number of esters is 2. The van der Waals surface area contributed by atoms with Gasteiger partial charge >= 0.3 is 11.9 Å². The molecule has 0 saturated carbocycles. The number of ether oxygens (including phenoxy) is 3. The molecule has 8 heteroatoms. The highest BCUT2D eigenvalue weighted by molar-refractivity contribution is 6.06. The number of hydrogen-bond acceptors (Lipinski definition) is 6. The number of nitrogens with zero attached hydrogens (tertiary/aromatic N) is 2. The second kappa shape index (κ2) is 7.91. The van der Waals surface area contributed by atoms with Gasteiger partial charge in [-0.05, 0) is 24.3 Å². The molecule has 0 aliphatic rings. The fraction of sp³-hybridized carbons (Fsp3) is 0.150. The third kappa shape index (κ3) is 3.20. The van der Waals surface area contributed by atoms with E-state index in [1.165, 1.54) is 31.0 Å². The molecule has 1 aromatic heterocycles. The van der Waals surface area contributed by atoms with Crippen molar-refractivity contribution in [3.05, 3.63) is 65.6 Å². The Morgan fingerprint density at radius 2 is 1.61 bits per heavy atom. The van der Waals surface area contributed by atoms with Crippen molar-refractivity contribution in [2.24, 2.45) is 0 Å². The van der Waals surface area contributed by atoms with Crippen molar-refractivity contribution in [2.45, 2.75) is 0 Å². The number of para-hydroxylation sites is 1. The van der Waals surface area contributed by atoms with Crippen molar-refractivity contribution in [1.82, 2.24) is 9.78 Å². The first-order valence-corrected chi connectivity index (χ1v) is 8.21. The van der Waals surface area contributed by atoms with E-state index < -0.39 is 17.8 Å². The molecule has 2 aromatic carbocycles. The molecule has 0 aliphatic heterocycles. The van der Waals surface area contributed by atoms with Crippen molar-refractivity contribution >= 4 is 11.9 Å². The standard InChI is InChI=1S/C20H17FN2O5/c1-26-14-11-7-10-13(16(14)21)17-15(19(24)27-2)18(20(25)28-3)23(22-17)12-8-5-4-6-9-12/h4-11H,1-3H3. The number of methoxy groups -OCH3 is 3. The van der Waals surface area contributed by atoms with E-state index in [0.717, 1.165) is 7.11 Å². The van der Waals surface area contributed by atoms with Crippen LogP contribution in [0.1, 0.15) is 20.8 Å². The van der Waals surface area contributed by atoms with Gasteiger partial charge in [0.1, 0.15) is 11.3 Å². The molecule has 3 aromatic rings. The maximum atomic E-state index is 14.9. The van der Waals surface area contributed by atoms with E-state index in [0.29, 0.717) is 5.69 Å². The largest absolute Gasteiger partial charge is 0.494 e. The summed E-state index contributed by atoms with van der Waals surface area (Å²) in [6.45, 7) is 0. The van der Waals surface area contributed by atoms with Crippen LogP contribution in [0.5, 0.6) is 5.75 Å². The fourth-order valence-corrected chi connectivity index (χ4v) is 2.79. The Kier molecular flexibility index (Phi) is 5.39. The average molecular weight is 384 g/mol. The quantitative estimate of drug-likeness (QED) is 0.628. The highest BCUT2D eigenvalue weighted by Gasteiger charge is 2.32. The molecule has 28 heavy (non-hydrogen) atoms. The van der Waals surface area contributed by atoms with Crippen LogP contribution in [0.15, 0.2) is 48.5 Å². The second-order valence-corrected chi connectivity index (χ2v) is 5.62. The Morgan fingerprint density at radius 3 is 2.21 bits per heavy atom. The zero-order valence-corrected chi connectivity index (χ0v) is 15.4. The van der Waals surface area contributed by atoms with Crippen molar-refractivity contribution in [2.75, 3.05) is 21.3 Å². The molecule has 0 fully saturated rings. The Balaban J connectivity index is 2.39. The maximum absolute atomic E-state index is 14.9. The molecule has 1 heterocycles. The Bertz CT molecular complexity index is 1030. The summed E-state index contributed by atoms with van der Waals surface area (Å²) in [6.07, 6.45) is 0. The highest BCUT2D eigenvalue weighted by Crippen LogP contribution is 2.33. The summed E-state index contributed by atoms with van der Waals surface area (Å²) < 4.78 is 30.8. The number of aromatic nitrogens is 2. The van der Waals surface area contributed by atoms with Crippen LogP contribution in [-0.2, 0) is 9.47 Å². The third-order valence-electron chi connectivity index (χ3n) is 4.09. The van der Waals surface area contributed by atoms with Crippen molar-refractivity contribution in [1.29, 1.82) is 0 Å². The lowest BCUT2D eigenvalue weighted by Crippen LogP contribution is -2.15. The van der Waals surface area contributed by atoms with E-state index in [-0.39, 0.29) is 28.3 Å². The first-order chi connectivity index (χ1) is 13.5. The summed E-state index contributed by atoms with van der Waals surface area (Å²) in [7, 11) is 3.67. The van der Waals surface area contributed by atoms with Crippen LogP contribution in [-0.4, -0.2) is 43.0 Å². The van der Waals surface area contributed by atoms with Crippen LogP contribution in [0, 0.1) is 5.82 Å². The van der Waals surface area contributed by atoms with Gasteiger partial charge in [0.25, 0.3) is 0 Å². The summed E-state index contributed by atoms with van der Waals surface area (Å²) in [6, 6.07) is 13.1. The van der Waals surface area contributed by atoms with E-state index in [2.05, 4.69) is 5.10 Å². The van der Waals surface area contributed by atoms with E-state index >= 15 is 0 Å². The zero-order chi connectivity index (χ0) is 20.3. The van der Waals surface area contributed by atoms with Crippen LogP contribution in [0.3, 0.4) is 0 Å². The highest BCUT2D eigenvalue weighted by atomic mass is 19.1. The average Bonchev–Trinajstić information content (AvgIpc) is 3.13. The lowest BCUT2D eigenvalue weighted by atomic mass is 10.0. The molecule has 0 radical (unpaired) electrons. The molecule has 0 atom stereocenters. The monoisotopic (exact) mass is 384 g/mol. The number of carbonyl (C=O) groups excluding carboxylic acids is 2. The molecule has 0 bridgehead atoms. The van der Waals surface area contributed by atoms with Crippen LogP contribution in [0.4, 0.5) is 4.39 Å². The van der Waals surface area contributed by atoms with E-state index in [9.17, 15) is 14.0 Å². The lowest BCUT2D eigenvalue weighted by molar-refractivity contribution is 0.0549. The Labute approximate surface area is 160 Å². The number of benzene rings is 2. The van der Waals surface area contributed by atoms with Gasteiger partial charge in [-0.3, -0.25) is 0 Å². The van der Waals surface area contributed by atoms with Gasteiger partial charge < -0.3 is 14.2 Å². The summed E-state index contributed by atoms with van der Waals surface area (Å²) in [5.41, 5.74) is 0.0396. The van der Waals surface area contributed by atoms with Gasteiger partial charge in [-0.1, -0.05) is 24.3 Å². The topological polar surface area (TPSA) is 79.7 Å². The maximum Gasteiger partial charge on any atom is 0.357 e. The molecule has 3 rings (SSSR count). The van der Waals surface area contributed by atoms with E-state index in [1.807, 2.05) is 0 Å². The van der Waals surface area contributed by atoms with Crippen LogP contribution in [0.25, 0.3) is 16.9 Å². The number of halogens is 1. The minimum absolute atomic E-state index is 0.0143. The fourth-order valence-electron chi connectivity index (χ4n) is 2.79. The van der Waals surface area contributed by atoms with Crippen LogP contribution >= 0.6 is 0 Å². The molecular formula is C20H17FN2O5. The van der Waals surface area contributed by atoms with Gasteiger partial charge in [0.15, 0.2) is 17.3 Å². The Hall–Kier alpha value is -3.68. The molecule has 0 spiro atoms. The number of carbonyl (C=O) groups is 2. The second-order valence-electron chi connectivity index (χ2n) is 5.62. The predicted molar refractivity (Wildman–Crippen MR) is 98.2 cm³/mol. The van der Waals surface area contributed by atoms with Gasteiger partial charge in [0.2, 0.25) is 0 Å². The SMILES string of the molecule is COC(=O)c1c(-c2cccc(OC)c2F)nn(-c2ccccc2)c1C(=O)OC. The van der Waals surface area contributed by atoms with Crippen LogP contribution < -0.4 is 4.74 Å². The number of rotatable bonds is 5. The molecular weight excluding hydrogens is 367 g/mol. The lowest BCUT2D eigenvalue weighted by Gasteiger charge is -2.07. The van der Waals surface area contributed by atoms with Crippen molar-refractivity contribution in [3.63, 3.8) is 0 Å². The normalized spacial score (nSPS) is 10.4. The third-order valence-corrected chi connectivity index (χ3v) is 4.09. The van der Waals surface area contributed by atoms with E-state index in [4.69, 9.17) is 14.2 Å². The summed E-state index contributed by atoms with van der Waals surface area (Å²) in [5.74, 6) is -2.41. The molecule has 0 aliphatic carbocycles. The molecule has 0 N–H and O–H groups in total. The molecule has 0 amide bonds. The smallest absolute Gasteiger partial charge is 0.357 e. The Morgan fingerprint density at radius 1 is 0.929 bits per heavy atom. The van der Waals surface area contributed by atoms with Gasteiger partial charge in [-0.15, -0.1) is 0 Å². The predicted octanol–water partition coefficient (Wildman–Crippen LogP) is 3.26.